The van der Waals surface area contributed by atoms with Crippen molar-refractivity contribution in [3.05, 3.63) is 23.4 Å². The van der Waals surface area contributed by atoms with E-state index in [-0.39, 0.29) is 5.91 Å². The van der Waals surface area contributed by atoms with E-state index in [1.54, 1.807) is 0 Å². The third-order valence-corrected chi connectivity index (χ3v) is 4.08. The Morgan fingerprint density at radius 2 is 2.14 bits per heavy atom. The zero-order valence-electron chi connectivity index (χ0n) is 13.7. The molecule has 0 saturated carbocycles. The van der Waals surface area contributed by atoms with Crippen LogP contribution in [0.4, 0.5) is 5.82 Å². The minimum absolute atomic E-state index is 0.107. The summed E-state index contributed by atoms with van der Waals surface area (Å²) in [5, 5.41) is 3.18. The van der Waals surface area contributed by atoms with Crippen LogP contribution in [0.5, 0.6) is 0 Å². The van der Waals surface area contributed by atoms with Gasteiger partial charge in [0.25, 0.3) is 5.91 Å². The summed E-state index contributed by atoms with van der Waals surface area (Å²) in [4.78, 5) is 21.3. The molecule has 2 heterocycles. The van der Waals surface area contributed by atoms with Gasteiger partial charge in [-0.05, 0) is 46.0 Å². The van der Waals surface area contributed by atoms with Crippen LogP contribution in [0.2, 0.25) is 0 Å². The van der Waals surface area contributed by atoms with Gasteiger partial charge in [0.05, 0.1) is 0 Å². The third-order valence-electron chi connectivity index (χ3n) is 4.08. The summed E-state index contributed by atoms with van der Waals surface area (Å²) in [6, 6.07) is 4.16. The van der Waals surface area contributed by atoms with Crippen LogP contribution in [0.25, 0.3) is 0 Å². The van der Waals surface area contributed by atoms with Gasteiger partial charge in [-0.25, -0.2) is 4.98 Å². The van der Waals surface area contributed by atoms with Gasteiger partial charge in [-0.1, -0.05) is 6.92 Å². The average molecular weight is 290 g/mol. The molecule has 1 amide bonds. The van der Waals surface area contributed by atoms with Crippen LogP contribution in [0.1, 0.15) is 29.9 Å². The Kier molecular flexibility index (Phi) is 4.83. The van der Waals surface area contributed by atoms with E-state index in [1.807, 2.05) is 30.9 Å². The minimum Gasteiger partial charge on any atom is -0.370 e. The van der Waals surface area contributed by atoms with E-state index < -0.39 is 0 Å². The lowest BCUT2D eigenvalue weighted by Gasteiger charge is -2.22. The summed E-state index contributed by atoms with van der Waals surface area (Å²) in [6.45, 7) is 8.57. The third kappa shape index (κ3) is 3.53. The maximum absolute atomic E-state index is 12.7. The van der Waals surface area contributed by atoms with E-state index >= 15 is 0 Å². The number of nitrogens with zero attached hydrogens (tertiary/aromatic N) is 3. The number of hydrogen-bond donors (Lipinski definition) is 1. The number of aromatic nitrogens is 1. The minimum atomic E-state index is 0.107. The van der Waals surface area contributed by atoms with E-state index in [9.17, 15) is 4.79 Å². The molecule has 1 aromatic heterocycles. The van der Waals surface area contributed by atoms with E-state index in [0.717, 1.165) is 36.7 Å². The lowest BCUT2D eigenvalue weighted by Crippen LogP contribution is -2.35. The molecule has 1 aliphatic rings. The van der Waals surface area contributed by atoms with Gasteiger partial charge in [0.2, 0.25) is 0 Å². The SMILES string of the molecule is CCNc1cc(C(=O)N2CC(C)C(N(C)C)C2)cc(C)n1. The average Bonchev–Trinajstić information content (AvgIpc) is 2.80. The standard InChI is InChI=1S/C16H26N4O/c1-6-17-15-8-13(7-12(3)18-15)16(21)20-9-11(2)14(10-20)19(4)5/h7-8,11,14H,6,9-10H2,1-5H3,(H,17,18). The summed E-state index contributed by atoms with van der Waals surface area (Å²) in [5.74, 6) is 1.38. The lowest BCUT2D eigenvalue weighted by molar-refractivity contribution is 0.0781. The molecule has 116 valence electrons. The Morgan fingerprint density at radius 1 is 1.43 bits per heavy atom. The van der Waals surface area contributed by atoms with Crippen molar-refractivity contribution < 1.29 is 4.79 Å². The number of pyridine rings is 1. The summed E-state index contributed by atoms with van der Waals surface area (Å²) in [7, 11) is 4.16. The molecule has 1 aromatic rings. The summed E-state index contributed by atoms with van der Waals surface area (Å²) < 4.78 is 0. The molecule has 21 heavy (non-hydrogen) atoms. The zero-order valence-corrected chi connectivity index (χ0v) is 13.7. The van der Waals surface area contributed by atoms with E-state index in [0.29, 0.717) is 12.0 Å². The molecule has 5 heteroatoms. The van der Waals surface area contributed by atoms with Crippen LogP contribution in [0, 0.1) is 12.8 Å². The molecule has 1 N–H and O–H groups in total. The highest BCUT2D eigenvalue weighted by molar-refractivity contribution is 5.95. The number of anilines is 1. The van der Waals surface area contributed by atoms with Gasteiger partial charge in [-0.2, -0.15) is 0 Å². The first-order chi connectivity index (χ1) is 9.92. The fraction of sp³-hybridized carbons (Fsp3) is 0.625. The number of rotatable bonds is 4. The van der Waals surface area contributed by atoms with Gasteiger partial charge in [-0.15, -0.1) is 0 Å². The first kappa shape index (κ1) is 15.8. The van der Waals surface area contributed by atoms with Crippen LogP contribution in [0.3, 0.4) is 0 Å². The van der Waals surface area contributed by atoms with Crippen LogP contribution in [-0.4, -0.2) is 60.5 Å². The highest BCUT2D eigenvalue weighted by atomic mass is 16.2. The summed E-state index contributed by atoms with van der Waals surface area (Å²) in [5.41, 5.74) is 1.60. The number of hydrogen-bond acceptors (Lipinski definition) is 4. The van der Waals surface area contributed by atoms with Gasteiger partial charge in [0, 0.05) is 36.9 Å². The number of likely N-dealkylation sites (N-methyl/N-ethyl adjacent to an activating group) is 1. The van der Waals surface area contributed by atoms with Crippen molar-refractivity contribution in [2.24, 2.45) is 5.92 Å². The molecule has 0 aliphatic carbocycles. The van der Waals surface area contributed by atoms with Gasteiger partial charge in [0.15, 0.2) is 0 Å². The number of nitrogens with one attached hydrogen (secondary N) is 1. The van der Waals surface area contributed by atoms with Crippen LogP contribution < -0.4 is 5.32 Å². The summed E-state index contributed by atoms with van der Waals surface area (Å²) >= 11 is 0. The Bertz CT molecular complexity index is 515. The number of carbonyl (C=O) groups excluding carboxylic acids is 1. The second-order valence-electron chi connectivity index (χ2n) is 6.13. The normalized spacial score (nSPS) is 21.9. The number of likely N-dealkylation sites (tertiary alicyclic amines) is 1. The van der Waals surface area contributed by atoms with Crippen molar-refractivity contribution >= 4 is 11.7 Å². The maximum Gasteiger partial charge on any atom is 0.254 e. The second-order valence-corrected chi connectivity index (χ2v) is 6.13. The Balaban J connectivity index is 2.17. The van der Waals surface area contributed by atoms with Crippen LogP contribution >= 0.6 is 0 Å². The molecule has 1 saturated heterocycles. The van der Waals surface area contributed by atoms with Crippen molar-refractivity contribution in [1.82, 2.24) is 14.8 Å². The first-order valence-electron chi connectivity index (χ1n) is 7.60. The Morgan fingerprint density at radius 3 is 2.71 bits per heavy atom. The highest BCUT2D eigenvalue weighted by Crippen LogP contribution is 2.22. The van der Waals surface area contributed by atoms with Gasteiger partial charge >= 0.3 is 0 Å². The first-order valence-corrected chi connectivity index (χ1v) is 7.60. The second kappa shape index (κ2) is 6.43. The monoisotopic (exact) mass is 290 g/mol. The molecular weight excluding hydrogens is 264 g/mol. The molecule has 2 rings (SSSR count). The predicted molar refractivity (Wildman–Crippen MR) is 85.7 cm³/mol. The molecule has 5 nitrogen and oxygen atoms in total. The quantitative estimate of drug-likeness (QED) is 0.919. The largest absolute Gasteiger partial charge is 0.370 e. The molecule has 0 radical (unpaired) electrons. The summed E-state index contributed by atoms with van der Waals surface area (Å²) in [6.07, 6.45) is 0. The highest BCUT2D eigenvalue weighted by Gasteiger charge is 2.34. The van der Waals surface area contributed by atoms with Crippen molar-refractivity contribution in [2.75, 3.05) is 39.0 Å². The zero-order chi connectivity index (χ0) is 15.6. The number of carbonyl (C=O) groups is 1. The Labute approximate surface area is 127 Å². The predicted octanol–water partition coefficient (Wildman–Crippen LogP) is 1.84. The van der Waals surface area contributed by atoms with E-state index in [2.05, 4.69) is 36.2 Å². The van der Waals surface area contributed by atoms with Crippen LogP contribution in [-0.2, 0) is 0 Å². The smallest absolute Gasteiger partial charge is 0.254 e. The van der Waals surface area contributed by atoms with Crippen molar-refractivity contribution in [1.29, 1.82) is 0 Å². The number of aryl methyl sites for hydroxylation is 1. The van der Waals surface area contributed by atoms with Gasteiger partial charge in [0.1, 0.15) is 5.82 Å². The van der Waals surface area contributed by atoms with Gasteiger partial charge < -0.3 is 15.1 Å². The maximum atomic E-state index is 12.7. The molecule has 0 spiro atoms. The van der Waals surface area contributed by atoms with E-state index in [4.69, 9.17) is 0 Å². The molecule has 0 bridgehead atoms. The fourth-order valence-electron chi connectivity index (χ4n) is 3.03. The molecule has 0 aromatic carbocycles. The van der Waals surface area contributed by atoms with Crippen molar-refractivity contribution in [3.8, 4) is 0 Å². The molecule has 2 unspecified atom stereocenters. The van der Waals surface area contributed by atoms with E-state index in [1.165, 1.54) is 0 Å². The molecule has 1 fully saturated rings. The molecule has 2 atom stereocenters. The number of amides is 1. The molecular formula is C16H26N4O. The van der Waals surface area contributed by atoms with Crippen LogP contribution in [0.15, 0.2) is 12.1 Å². The topological polar surface area (TPSA) is 48.5 Å². The van der Waals surface area contributed by atoms with Crippen molar-refractivity contribution in [2.45, 2.75) is 26.8 Å². The van der Waals surface area contributed by atoms with Crippen molar-refractivity contribution in [3.63, 3.8) is 0 Å². The molecule has 1 aliphatic heterocycles. The van der Waals surface area contributed by atoms with Gasteiger partial charge in [-0.3, -0.25) is 4.79 Å². The fourth-order valence-corrected chi connectivity index (χ4v) is 3.03. The Hall–Kier alpha value is -1.62. The lowest BCUT2D eigenvalue weighted by atomic mass is 10.1.